The Kier molecular flexibility index (Phi) is 4.14. The fraction of sp³-hybridized carbons (Fsp3) is 0.353. The molecule has 0 atom stereocenters. The molecular weight excluding hydrogens is 292 g/mol. The molecule has 23 heavy (non-hydrogen) atoms. The zero-order chi connectivity index (χ0) is 16.4. The molecule has 0 radical (unpaired) electrons. The first-order valence-electron chi connectivity index (χ1n) is 7.82. The standard InChI is InChI=1S/C17H20N4O2/c1-3-9-21-10-8-12-11-13(4-6-15(12)21)18-17(23)14-5-7-16(22)20(2)19-14/h4,6,8,10-11H,3,5,7,9H2,1-2H3,(H,18,23). The molecule has 0 saturated heterocycles. The van der Waals surface area contributed by atoms with E-state index in [9.17, 15) is 9.59 Å². The molecule has 0 unspecified atom stereocenters. The zero-order valence-electron chi connectivity index (χ0n) is 13.4. The summed E-state index contributed by atoms with van der Waals surface area (Å²) in [5, 5.41) is 9.22. The first kappa shape index (κ1) is 15.3. The fourth-order valence-electron chi connectivity index (χ4n) is 2.75. The second kappa shape index (κ2) is 6.24. The van der Waals surface area contributed by atoms with Crippen molar-refractivity contribution in [2.75, 3.05) is 12.4 Å². The third kappa shape index (κ3) is 3.11. The molecule has 1 aromatic heterocycles. The second-order valence-electron chi connectivity index (χ2n) is 5.70. The van der Waals surface area contributed by atoms with Crippen molar-refractivity contribution < 1.29 is 9.59 Å². The molecular formula is C17H20N4O2. The Morgan fingerprint density at radius 1 is 1.30 bits per heavy atom. The molecule has 0 bridgehead atoms. The van der Waals surface area contributed by atoms with Crippen LogP contribution in [0.1, 0.15) is 26.2 Å². The predicted molar refractivity (Wildman–Crippen MR) is 90.3 cm³/mol. The first-order chi connectivity index (χ1) is 11.1. The van der Waals surface area contributed by atoms with Crippen molar-refractivity contribution in [3.63, 3.8) is 0 Å². The summed E-state index contributed by atoms with van der Waals surface area (Å²) in [6.45, 7) is 3.12. The van der Waals surface area contributed by atoms with Crippen molar-refractivity contribution >= 4 is 34.1 Å². The van der Waals surface area contributed by atoms with Crippen molar-refractivity contribution in [1.29, 1.82) is 0 Å². The zero-order valence-corrected chi connectivity index (χ0v) is 13.4. The monoisotopic (exact) mass is 312 g/mol. The number of fused-ring (bicyclic) bond motifs is 1. The Balaban J connectivity index is 1.77. The van der Waals surface area contributed by atoms with E-state index in [1.807, 2.05) is 24.3 Å². The number of carbonyl (C=O) groups is 2. The number of aromatic nitrogens is 1. The summed E-state index contributed by atoms with van der Waals surface area (Å²) in [5.41, 5.74) is 2.28. The van der Waals surface area contributed by atoms with Crippen molar-refractivity contribution in [3.05, 3.63) is 30.5 Å². The highest BCUT2D eigenvalue weighted by molar-refractivity contribution is 6.43. The van der Waals surface area contributed by atoms with Gasteiger partial charge in [0.05, 0.1) is 0 Å². The molecule has 2 heterocycles. The first-order valence-corrected chi connectivity index (χ1v) is 7.82. The number of benzene rings is 1. The predicted octanol–water partition coefficient (Wildman–Crippen LogP) is 2.60. The Labute approximate surface area is 134 Å². The van der Waals surface area contributed by atoms with Gasteiger partial charge in [-0.2, -0.15) is 5.10 Å². The van der Waals surface area contributed by atoms with Crippen molar-refractivity contribution in [1.82, 2.24) is 9.58 Å². The SMILES string of the molecule is CCCn1ccc2cc(NC(=O)C3=NN(C)C(=O)CC3)ccc21. The molecule has 0 saturated carbocycles. The van der Waals surface area contributed by atoms with Crippen LogP contribution in [0, 0.1) is 0 Å². The maximum atomic E-state index is 12.3. The lowest BCUT2D eigenvalue weighted by Gasteiger charge is -2.18. The van der Waals surface area contributed by atoms with Crippen LogP contribution in [-0.2, 0) is 16.1 Å². The van der Waals surface area contributed by atoms with Crippen molar-refractivity contribution in [2.24, 2.45) is 5.10 Å². The Morgan fingerprint density at radius 2 is 2.13 bits per heavy atom. The van der Waals surface area contributed by atoms with Crippen LogP contribution in [-0.4, -0.2) is 34.1 Å². The third-order valence-corrected chi connectivity index (χ3v) is 3.96. The molecule has 3 rings (SSSR count). The largest absolute Gasteiger partial charge is 0.347 e. The number of hydrogen-bond donors (Lipinski definition) is 1. The summed E-state index contributed by atoms with van der Waals surface area (Å²) in [5.74, 6) is -0.322. The van der Waals surface area contributed by atoms with Gasteiger partial charge < -0.3 is 9.88 Å². The summed E-state index contributed by atoms with van der Waals surface area (Å²) in [6.07, 6.45) is 3.84. The van der Waals surface area contributed by atoms with Gasteiger partial charge in [0, 0.05) is 49.2 Å². The molecule has 1 aliphatic rings. The minimum absolute atomic E-state index is 0.0692. The summed E-state index contributed by atoms with van der Waals surface area (Å²) in [4.78, 5) is 23.7. The number of carbonyl (C=O) groups excluding carboxylic acids is 2. The number of hydrogen-bond acceptors (Lipinski definition) is 3. The van der Waals surface area contributed by atoms with Gasteiger partial charge in [0.2, 0.25) is 5.91 Å². The molecule has 120 valence electrons. The number of aryl methyl sites for hydroxylation is 1. The molecule has 0 fully saturated rings. The van der Waals surface area contributed by atoms with Crippen LogP contribution < -0.4 is 5.32 Å². The minimum Gasteiger partial charge on any atom is -0.347 e. The highest BCUT2D eigenvalue weighted by atomic mass is 16.2. The van der Waals surface area contributed by atoms with E-state index in [1.54, 1.807) is 7.05 Å². The number of amides is 2. The molecule has 0 spiro atoms. The number of nitrogens with one attached hydrogen (secondary N) is 1. The lowest BCUT2D eigenvalue weighted by molar-refractivity contribution is -0.130. The van der Waals surface area contributed by atoms with E-state index in [-0.39, 0.29) is 11.8 Å². The topological polar surface area (TPSA) is 66.7 Å². The van der Waals surface area contributed by atoms with Gasteiger partial charge in [-0.25, -0.2) is 5.01 Å². The van der Waals surface area contributed by atoms with Gasteiger partial charge in [-0.3, -0.25) is 9.59 Å². The van der Waals surface area contributed by atoms with E-state index in [0.717, 1.165) is 29.6 Å². The average Bonchev–Trinajstić information content (AvgIpc) is 2.93. The van der Waals surface area contributed by atoms with E-state index in [0.29, 0.717) is 18.6 Å². The van der Waals surface area contributed by atoms with Crippen LogP contribution in [0.25, 0.3) is 10.9 Å². The molecule has 1 N–H and O–H groups in total. The van der Waals surface area contributed by atoms with Gasteiger partial charge in [-0.15, -0.1) is 0 Å². The lowest BCUT2D eigenvalue weighted by Crippen LogP contribution is -2.34. The normalized spacial score (nSPS) is 15.0. The Bertz CT molecular complexity index is 791. The van der Waals surface area contributed by atoms with Crippen LogP contribution >= 0.6 is 0 Å². The summed E-state index contributed by atoms with van der Waals surface area (Å²) < 4.78 is 2.20. The van der Waals surface area contributed by atoms with Crippen LogP contribution in [0.5, 0.6) is 0 Å². The summed E-state index contributed by atoms with van der Waals surface area (Å²) in [7, 11) is 1.57. The van der Waals surface area contributed by atoms with Gasteiger partial charge in [0.15, 0.2) is 0 Å². The molecule has 1 aliphatic heterocycles. The molecule has 6 nitrogen and oxygen atoms in total. The van der Waals surface area contributed by atoms with E-state index < -0.39 is 0 Å². The van der Waals surface area contributed by atoms with E-state index >= 15 is 0 Å². The lowest BCUT2D eigenvalue weighted by atomic mass is 10.1. The van der Waals surface area contributed by atoms with E-state index in [4.69, 9.17) is 0 Å². The number of hydrazone groups is 1. The Morgan fingerprint density at radius 3 is 2.87 bits per heavy atom. The van der Waals surface area contributed by atoms with Crippen LogP contribution in [0.4, 0.5) is 5.69 Å². The van der Waals surface area contributed by atoms with Gasteiger partial charge in [-0.05, 0) is 30.7 Å². The van der Waals surface area contributed by atoms with Crippen LogP contribution in [0.2, 0.25) is 0 Å². The average molecular weight is 312 g/mol. The maximum Gasteiger partial charge on any atom is 0.271 e. The van der Waals surface area contributed by atoms with Crippen LogP contribution in [0.3, 0.4) is 0 Å². The van der Waals surface area contributed by atoms with Gasteiger partial charge in [-0.1, -0.05) is 6.92 Å². The van der Waals surface area contributed by atoms with Gasteiger partial charge in [0.1, 0.15) is 5.71 Å². The highest BCUT2D eigenvalue weighted by Crippen LogP contribution is 2.21. The minimum atomic E-state index is -0.253. The maximum absolute atomic E-state index is 12.3. The van der Waals surface area contributed by atoms with Crippen molar-refractivity contribution in [3.8, 4) is 0 Å². The summed E-state index contributed by atoms with van der Waals surface area (Å²) >= 11 is 0. The summed E-state index contributed by atoms with van der Waals surface area (Å²) in [6, 6.07) is 7.91. The smallest absolute Gasteiger partial charge is 0.271 e. The second-order valence-corrected chi connectivity index (χ2v) is 5.70. The van der Waals surface area contributed by atoms with Crippen LogP contribution in [0.15, 0.2) is 35.6 Å². The number of rotatable bonds is 4. The third-order valence-electron chi connectivity index (χ3n) is 3.96. The molecule has 2 amide bonds. The molecule has 6 heteroatoms. The quantitative estimate of drug-likeness (QED) is 0.943. The van der Waals surface area contributed by atoms with E-state index in [2.05, 4.69) is 28.1 Å². The number of nitrogens with zero attached hydrogens (tertiary/aromatic N) is 3. The van der Waals surface area contributed by atoms with Gasteiger partial charge >= 0.3 is 0 Å². The fourth-order valence-corrected chi connectivity index (χ4v) is 2.75. The van der Waals surface area contributed by atoms with E-state index in [1.165, 1.54) is 5.01 Å². The van der Waals surface area contributed by atoms with Gasteiger partial charge in [0.25, 0.3) is 5.91 Å². The highest BCUT2D eigenvalue weighted by Gasteiger charge is 2.22. The molecule has 1 aromatic carbocycles. The molecule has 2 aromatic rings. The number of anilines is 1. The Hall–Kier alpha value is -2.63. The van der Waals surface area contributed by atoms with Crippen molar-refractivity contribution in [2.45, 2.75) is 32.7 Å². The molecule has 0 aliphatic carbocycles.